The maximum atomic E-state index is 13.2. The summed E-state index contributed by atoms with van der Waals surface area (Å²) in [5, 5.41) is 29.6. The van der Waals surface area contributed by atoms with Gasteiger partial charge < -0.3 is 36.2 Å². The van der Waals surface area contributed by atoms with Crippen LogP contribution in [0.2, 0.25) is 0 Å². The second-order valence-electron chi connectivity index (χ2n) is 8.76. The van der Waals surface area contributed by atoms with Crippen LogP contribution in [0.5, 0.6) is 5.75 Å². The highest BCUT2D eigenvalue weighted by atomic mass is 16.5. The third-order valence-corrected chi connectivity index (χ3v) is 5.90. The van der Waals surface area contributed by atoms with Gasteiger partial charge in [-0.2, -0.15) is 0 Å². The number of carbonyl (C=O) groups excluding carboxylic acids is 3. The number of amidine groups is 1. The number of hydrogen-bond donors (Lipinski definition) is 6. The number of carboxylic acids is 2. The van der Waals surface area contributed by atoms with Crippen LogP contribution in [0.4, 0.5) is 11.4 Å². The summed E-state index contributed by atoms with van der Waals surface area (Å²) in [5.41, 5.74) is 4.96. The number of amides is 3. The Morgan fingerprint density at radius 1 is 1.13 bits per heavy atom. The number of nitrogens with zero attached hydrogens (tertiary/aromatic N) is 1. The molecule has 2 atom stereocenters. The van der Waals surface area contributed by atoms with E-state index in [1.807, 2.05) is 0 Å². The van der Waals surface area contributed by atoms with Gasteiger partial charge >= 0.3 is 5.97 Å². The van der Waals surface area contributed by atoms with Crippen LogP contribution in [0, 0.1) is 5.41 Å². The highest BCUT2D eigenvalue weighted by Gasteiger charge is 2.52. The first kappa shape index (κ1) is 27.6. The molecule has 2 aliphatic heterocycles. The van der Waals surface area contributed by atoms with E-state index in [-0.39, 0.29) is 18.1 Å². The van der Waals surface area contributed by atoms with Gasteiger partial charge in [-0.1, -0.05) is 12.1 Å². The Morgan fingerprint density at radius 2 is 1.74 bits per heavy atom. The minimum absolute atomic E-state index is 0.109. The van der Waals surface area contributed by atoms with Gasteiger partial charge in [-0.25, -0.2) is 4.79 Å². The van der Waals surface area contributed by atoms with Crippen molar-refractivity contribution in [3.05, 3.63) is 53.6 Å². The molecule has 0 aliphatic carbocycles. The molecule has 13 heteroatoms. The number of fused-ring (bicyclic) bond motifs is 1. The van der Waals surface area contributed by atoms with E-state index >= 15 is 0 Å². The highest BCUT2D eigenvalue weighted by Crippen LogP contribution is 2.37. The Hall–Kier alpha value is -4.94. The van der Waals surface area contributed by atoms with Crippen molar-refractivity contribution in [3.63, 3.8) is 0 Å². The fraction of sp³-hybridized carbons (Fsp3) is 0.280. The molecule has 2 heterocycles. The van der Waals surface area contributed by atoms with E-state index < -0.39 is 41.3 Å². The lowest BCUT2D eigenvalue weighted by Gasteiger charge is -2.37. The van der Waals surface area contributed by atoms with Gasteiger partial charge in [-0.15, -0.1) is 0 Å². The van der Waals surface area contributed by atoms with Gasteiger partial charge in [0, 0.05) is 36.3 Å². The molecule has 4 rings (SSSR count). The Bertz CT molecular complexity index is 1310. The maximum Gasteiger partial charge on any atom is 0.326 e. The fourth-order valence-electron chi connectivity index (χ4n) is 3.98. The number of ether oxygens (including phenoxy) is 1. The zero-order chi connectivity index (χ0) is 28.2. The van der Waals surface area contributed by atoms with Gasteiger partial charge in [0.15, 0.2) is 0 Å². The minimum Gasteiger partial charge on any atom is -0.481 e. The number of likely N-dealkylation sites (tertiary alicyclic amines) is 1. The first-order chi connectivity index (χ1) is 17.8. The van der Waals surface area contributed by atoms with E-state index in [1.54, 1.807) is 18.2 Å². The smallest absolute Gasteiger partial charge is 0.326 e. The SMILES string of the molecule is CC(=O)O.C[C@]1(C(=O)N2CCC[C@H]2C(=O)O)Oc2cc(NC(=O)c3ccc(C(=N)N)cc3)ccc2NC1=O. The largest absolute Gasteiger partial charge is 0.481 e. The van der Waals surface area contributed by atoms with Gasteiger partial charge in [-0.3, -0.25) is 24.6 Å². The van der Waals surface area contributed by atoms with Crippen molar-refractivity contribution < 1.29 is 38.9 Å². The van der Waals surface area contributed by atoms with Crippen molar-refractivity contribution in [1.29, 1.82) is 5.41 Å². The molecule has 0 aromatic heterocycles. The van der Waals surface area contributed by atoms with E-state index in [9.17, 15) is 24.3 Å². The van der Waals surface area contributed by atoms with Gasteiger partial charge in [0.25, 0.3) is 29.3 Å². The van der Waals surface area contributed by atoms with Crippen LogP contribution in [0.1, 0.15) is 42.6 Å². The molecule has 200 valence electrons. The second kappa shape index (κ2) is 11.0. The number of aliphatic carboxylic acids is 2. The third kappa shape index (κ3) is 5.88. The summed E-state index contributed by atoms with van der Waals surface area (Å²) in [7, 11) is 0. The van der Waals surface area contributed by atoms with Crippen molar-refractivity contribution in [1.82, 2.24) is 4.90 Å². The normalized spacial score (nSPS) is 19.6. The molecular formula is C25H27N5O8. The lowest BCUT2D eigenvalue weighted by Crippen LogP contribution is -2.61. The number of nitrogens with one attached hydrogen (secondary N) is 3. The van der Waals surface area contributed by atoms with Crippen LogP contribution in [0.3, 0.4) is 0 Å². The van der Waals surface area contributed by atoms with Crippen molar-refractivity contribution in [2.24, 2.45) is 5.73 Å². The molecular weight excluding hydrogens is 498 g/mol. The topological polar surface area (TPSA) is 212 Å². The number of hydrogen-bond acceptors (Lipinski definition) is 7. The summed E-state index contributed by atoms with van der Waals surface area (Å²) in [6.45, 7) is 2.60. The molecule has 2 aromatic rings. The van der Waals surface area contributed by atoms with Crippen LogP contribution < -0.4 is 21.1 Å². The summed E-state index contributed by atoms with van der Waals surface area (Å²) in [5.74, 6) is -3.78. The van der Waals surface area contributed by atoms with Crippen molar-refractivity contribution in [2.45, 2.75) is 38.3 Å². The lowest BCUT2D eigenvalue weighted by molar-refractivity contribution is -0.160. The summed E-state index contributed by atoms with van der Waals surface area (Å²) in [4.78, 5) is 60.2. The van der Waals surface area contributed by atoms with Gasteiger partial charge in [0.1, 0.15) is 17.6 Å². The third-order valence-electron chi connectivity index (χ3n) is 5.90. The molecule has 3 amide bonds. The minimum atomic E-state index is -1.96. The lowest BCUT2D eigenvalue weighted by atomic mass is 10.00. The number of nitrogens with two attached hydrogens (primary N) is 1. The first-order valence-electron chi connectivity index (χ1n) is 11.5. The molecule has 1 saturated heterocycles. The molecule has 0 bridgehead atoms. The van der Waals surface area contributed by atoms with E-state index in [0.717, 1.165) is 11.8 Å². The predicted molar refractivity (Wildman–Crippen MR) is 135 cm³/mol. The molecule has 0 saturated carbocycles. The number of nitrogen functional groups attached to an aromatic ring is 1. The summed E-state index contributed by atoms with van der Waals surface area (Å²) < 4.78 is 5.82. The van der Waals surface area contributed by atoms with Gasteiger partial charge in [-0.05, 0) is 44.0 Å². The van der Waals surface area contributed by atoms with Crippen LogP contribution in [0.15, 0.2) is 42.5 Å². The maximum absolute atomic E-state index is 13.2. The number of anilines is 2. The van der Waals surface area contributed by atoms with Crippen LogP contribution >= 0.6 is 0 Å². The van der Waals surface area contributed by atoms with Crippen LogP contribution in [-0.2, 0) is 19.2 Å². The highest BCUT2D eigenvalue weighted by molar-refractivity contribution is 6.16. The number of rotatable bonds is 5. The zero-order valence-corrected chi connectivity index (χ0v) is 20.6. The monoisotopic (exact) mass is 525 g/mol. The van der Waals surface area contributed by atoms with Crippen molar-refractivity contribution in [2.75, 3.05) is 17.2 Å². The number of benzene rings is 2. The van der Waals surface area contributed by atoms with E-state index in [2.05, 4.69) is 10.6 Å². The van der Waals surface area contributed by atoms with E-state index in [1.165, 1.54) is 31.2 Å². The van der Waals surface area contributed by atoms with Crippen molar-refractivity contribution in [3.8, 4) is 5.75 Å². The molecule has 0 radical (unpaired) electrons. The fourth-order valence-corrected chi connectivity index (χ4v) is 3.98. The zero-order valence-electron chi connectivity index (χ0n) is 20.6. The quantitative estimate of drug-likeness (QED) is 0.189. The van der Waals surface area contributed by atoms with Gasteiger partial charge in [0.2, 0.25) is 0 Å². The molecule has 2 aromatic carbocycles. The molecule has 13 nitrogen and oxygen atoms in total. The van der Waals surface area contributed by atoms with Crippen LogP contribution in [-0.4, -0.2) is 68.8 Å². The van der Waals surface area contributed by atoms with Crippen LogP contribution in [0.25, 0.3) is 0 Å². The summed E-state index contributed by atoms with van der Waals surface area (Å²) >= 11 is 0. The number of carbonyl (C=O) groups is 5. The molecule has 0 unspecified atom stereocenters. The average molecular weight is 526 g/mol. The Labute approximate surface area is 217 Å². The van der Waals surface area contributed by atoms with E-state index in [4.69, 9.17) is 25.8 Å². The number of carboxylic acid groups (broad SMARTS) is 2. The molecule has 0 spiro atoms. The first-order valence-corrected chi connectivity index (χ1v) is 11.5. The van der Waals surface area contributed by atoms with E-state index in [0.29, 0.717) is 35.3 Å². The summed E-state index contributed by atoms with van der Waals surface area (Å²) in [6, 6.07) is 9.74. The molecule has 7 N–H and O–H groups in total. The standard InChI is InChI=1S/C23H23N5O6.C2H4O2/c1-23(22(33)28-10-2-3-16(28)20(30)31)21(32)27-15-9-8-14(11-17(15)34-23)26-19(29)13-6-4-12(5-7-13)18(24)25;1-2(3)4/h4-9,11,16H,2-3,10H2,1H3,(H3,24,25)(H,26,29)(H,27,32)(H,30,31);1H3,(H,3,4)/t16-,23-;/m0./s1. The molecule has 38 heavy (non-hydrogen) atoms. The molecule has 1 fully saturated rings. The Balaban J connectivity index is 0.000000934. The second-order valence-corrected chi connectivity index (χ2v) is 8.76. The Kier molecular flexibility index (Phi) is 7.99. The summed E-state index contributed by atoms with van der Waals surface area (Å²) in [6.07, 6.45) is 0.819. The Morgan fingerprint density at radius 3 is 2.32 bits per heavy atom. The average Bonchev–Trinajstić information content (AvgIpc) is 3.34. The molecule has 2 aliphatic rings. The van der Waals surface area contributed by atoms with Crippen molar-refractivity contribution >= 4 is 46.9 Å². The predicted octanol–water partition coefficient (Wildman–Crippen LogP) is 1.48. The van der Waals surface area contributed by atoms with Gasteiger partial charge in [0.05, 0.1) is 5.69 Å².